The maximum atomic E-state index is 9.88. The fourth-order valence-corrected chi connectivity index (χ4v) is 2.15. The molecule has 2 unspecified atom stereocenters. The minimum atomic E-state index is -0.234. The Labute approximate surface area is 74.9 Å². The second-order valence-electron chi connectivity index (χ2n) is 3.72. The van der Waals surface area contributed by atoms with E-state index in [-0.39, 0.29) is 12.2 Å². The van der Waals surface area contributed by atoms with Crippen LogP contribution in [0.15, 0.2) is 0 Å². The van der Waals surface area contributed by atoms with Gasteiger partial charge in [-0.05, 0) is 25.2 Å². The summed E-state index contributed by atoms with van der Waals surface area (Å²) in [5, 5.41) is 9.88. The molecule has 1 saturated carbocycles. The Morgan fingerprint density at radius 1 is 1.42 bits per heavy atom. The second-order valence-corrected chi connectivity index (χ2v) is 3.72. The molecule has 1 fully saturated rings. The van der Waals surface area contributed by atoms with Crippen LogP contribution in [0.5, 0.6) is 0 Å². The fraction of sp³-hybridized carbons (Fsp3) is 1.00. The third-order valence-corrected chi connectivity index (χ3v) is 2.97. The van der Waals surface area contributed by atoms with Gasteiger partial charge in [0.15, 0.2) is 0 Å². The average Bonchev–Trinajstić information content (AvgIpc) is 2.58. The van der Waals surface area contributed by atoms with Gasteiger partial charge in [0.1, 0.15) is 0 Å². The van der Waals surface area contributed by atoms with E-state index >= 15 is 0 Å². The van der Waals surface area contributed by atoms with Gasteiger partial charge in [0, 0.05) is 7.11 Å². The van der Waals surface area contributed by atoms with Crippen molar-refractivity contribution in [3.8, 4) is 0 Å². The molecule has 72 valence electrons. The van der Waals surface area contributed by atoms with Crippen molar-refractivity contribution >= 4 is 0 Å². The lowest BCUT2D eigenvalue weighted by molar-refractivity contribution is -0.0415. The van der Waals surface area contributed by atoms with Crippen LogP contribution in [0.25, 0.3) is 0 Å². The molecule has 0 aromatic heterocycles. The molecule has 0 heterocycles. The van der Waals surface area contributed by atoms with Gasteiger partial charge in [0.25, 0.3) is 0 Å². The van der Waals surface area contributed by atoms with Crippen molar-refractivity contribution < 1.29 is 9.84 Å². The van der Waals surface area contributed by atoms with Gasteiger partial charge in [-0.1, -0.05) is 19.8 Å². The van der Waals surface area contributed by atoms with E-state index in [2.05, 4.69) is 6.92 Å². The highest BCUT2D eigenvalue weighted by Gasteiger charge is 2.28. The van der Waals surface area contributed by atoms with Gasteiger partial charge in [-0.3, -0.25) is 0 Å². The number of hydrogen-bond acceptors (Lipinski definition) is 2. The summed E-state index contributed by atoms with van der Waals surface area (Å²) in [6.07, 6.45) is 5.65. The monoisotopic (exact) mass is 172 g/mol. The molecule has 1 aliphatic carbocycles. The van der Waals surface area contributed by atoms with Crippen LogP contribution in [0.4, 0.5) is 0 Å². The number of hydrogen-bond donors (Lipinski definition) is 1. The number of aliphatic hydroxyl groups is 1. The predicted molar refractivity (Wildman–Crippen MR) is 49.1 cm³/mol. The predicted octanol–water partition coefficient (Wildman–Crippen LogP) is 1.96. The molecule has 0 amide bonds. The molecule has 1 N–H and O–H groups in total. The number of ether oxygens (including phenoxy) is 1. The Kier molecular flexibility index (Phi) is 4.02. The molecule has 0 aromatic rings. The molecule has 0 bridgehead atoms. The number of methoxy groups -OCH3 is 1. The maximum Gasteiger partial charge on any atom is 0.0830 e. The van der Waals surface area contributed by atoms with Crippen LogP contribution in [-0.4, -0.2) is 24.4 Å². The average molecular weight is 172 g/mol. The standard InChI is InChI=1S/C10H20O2/c1-3-9(12-2)10(11)8-6-4-5-7-8/h8-11H,3-7H2,1-2H3. The van der Waals surface area contributed by atoms with Gasteiger partial charge in [0.2, 0.25) is 0 Å². The van der Waals surface area contributed by atoms with Crippen molar-refractivity contribution in [2.75, 3.05) is 7.11 Å². The van der Waals surface area contributed by atoms with E-state index in [0.717, 1.165) is 6.42 Å². The minimum absolute atomic E-state index is 0.0492. The Hall–Kier alpha value is -0.0800. The molecular formula is C10H20O2. The van der Waals surface area contributed by atoms with E-state index < -0.39 is 0 Å². The summed E-state index contributed by atoms with van der Waals surface area (Å²) >= 11 is 0. The Morgan fingerprint density at radius 2 is 2.00 bits per heavy atom. The molecule has 2 heteroatoms. The van der Waals surface area contributed by atoms with Crippen molar-refractivity contribution in [3.05, 3.63) is 0 Å². The van der Waals surface area contributed by atoms with Crippen LogP contribution in [0, 0.1) is 5.92 Å². The van der Waals surface area contributed by atoms with Gasteiger partial charge in [-0.15, -0.1) is 0 Å². The van der Waals surface area contributed by atoms with Crippen LogP contribution in [0.1, 0.15) is 39.0 Å². The number of aliphatic hydroxyl groups excluding tert-OH is 1. The third-order valence-electron chi connectivity index (χ3n) is 2.97. The van der Waals surface area contributed by atoms with Crippen LogP contribution in [0.3, 0.4) is 0 Å². The zero-order valence-corrected chi connectivity index (χ0v) is 8.12. The first-order valence-electron chi connectivity index (χ1n) is 5.00. The maximum absolute atomic E-state index is 9.88. The largest absolute Gasteiger partial charge is 0.390 e. The molecular weight excluding hydrogens is 152 g/mol. The molecule has 2 atom stereocenters. The van der Waals surface area contributed by atoms with E-state index in [9.17, 15) is 5.11 Å². The molecule has 12 heavy (non-hydrogen) atoms. The van der Waals surface area contributed by atoms with Crippen molar-refractivity contribution in [1.82, 2.24) is 0 Å². The zero-order valence-electron chi connectivity index (χ0n) is 8.12. The summed E-state index contributed by atoms with van der Waals surface area (Å²) in [4.78, 5) is 0. The van der Waals surface area contributed by atoms with Gasteiger partial charge in [0.05, 0.1) is 12.2 Å². The molecule has 1 rings (SSSR count). The van der Waals surface area contributed by atoms with Crippen molar-refractivity contribution in [1.29, 1.82) is 0 Å². The second kappa shape index (κ2) is 4.83. The molecule has 0 saturated heterocycles. The first kappa shape index (κ1) is 10.0. The van der Waals surface area contributed by atoms with Crippen molar-refractivity contribution in [3.63, 3.8) is 0 Å². The normalized spacial score (nSPS) is 24.2. The zero-order chi connectivity index (χ0) is 8.97. The third kappa shape index (κ3) is 2.20. The van der Waals surface area contributed by atoms with E-state index in [1.54, 1.807) is 7.11 Å². The van der Waals surface area contributed by atoms with Crippen molar-refractivity contribution in [2.24, 2.45) is 5.92 Å². The van der Waals surface area contributed by atoms with Gasteiger partial charge >= 0.3 is 0 Å². The summed E-state index contributed by atoms with van der Waals surface area (Å²) in [6, 6.07) is 0. The van der Waals surface area contributed by atoms with E-state index in [0.29, 0.717) is 5.92 Å². The number of rotatable bonds is 4. The van der Waals surface area contributed by atoms with Crippen molar-refractivity contribution in [2.45, 2.75) is 51.2 Å². The SMILES string of the molecule is CCC(OC)C(O)C1CCCC1. The summed E-state index contributed by atoms with van der Waals surface area (Å²) in [5.41, 5.74) is 0. The van der Waals surface area contributed by atoms with Crippen LogP contribution in [0.2, 0.25) is 0 Å². The Morgan fingerprint density at radius 3 is 2.42 bits per heavy atom. The first-order valence-corrected chi connectivity index (χ1v) is 5.00. The molecule has 0 radical (unpaired) electrons. The molecule has 0 aliphatic heterocycles. The molecule has 0 aromatic carbocycles. The lowest BCUT2D eigenvalue weighted by atomic mass is 9.95. The van der Waals surface area contributed by atoms with Gasteiger partial charge in [-0.2, -0.15) is 0 Å². The van der Waals surface area contributed by atoms with Crippen LogP contribution in [-0.2, 0) is 4.74 Å². The molecule has 2 nitrogen and oxygen atoms in total. The highest BCUT2D eigenvalue weighted by atomic mass is 16.5. The van der Waals surface area contributed by atoms with E-state index in [4.69, 9.17) is 4.74 Å². The summed E-state index contributed by atoms with van der Waals surface area (Å²) in [7, 11) is 1.69. The Balaban J connectivity index is 2.37. The first-order chi connectivity index (χ1) is 5.79. The lowest BCUT2D eigenvalue weighted by Gasteiger charge is -2.25. The Bertz CT molecular complexity index is 113. The van der Waals surface area contributed by atoms with Gasteiger partial charge in [-0.25, -0.2) is 0 Å². The topological polar surface area (TPSA) is 29.5 Å². The molecule has 0 spiro atoms. The highest BCUT2D eigenvalue weighted by molar-refractivity contribution is 4.79. The van der Waals surface area contributed by atoms with Gasteiger partial charge < -0.3 is 9.84 Å². The summed E-state index contributed by atoms with van der Waals surface area (Å²) in [6.45, 7) is 2.06. The smallest absolute Gasteiger partial charge is 0.0830 e. The van der Waals surface area contributed by atoms with E-state index in [1.165, 1.54) is 25.7 Å². The van der Waals surface area contributed by atoms with E-state index in [1.807, 2.05) is 0 Å². The molecule has 1 aliphatic rings. The highest BCUT2D eigenvalue weighted by Crippen LogP contribution is 2.30. The quantitative estimate of drug-likeness (QED) is 0.702. The summed E-state index contributed by atoms with van der Waals surface area (Å²) < 4.78 is 5.22. The fourth-order valence-electron chi connectivity index (χ4n) is 2.15. The summed E-state index contributed by atoms with van der Waals surface area (Å²) in [5.74, 6) is 0.495. The van der Waals surface area contributed by atoms with Crippen LogP contribution < -0.4 is 0 Å². The minimum Gasteiger partial charge on any atom is -0.390 e. The van der Waals surface area contributed by atoms with Crippen LogP contribution >= 0.6 is 0 Å². The lowest BCUT2D eigenvalue weighted by Crippen LogP contribution is -2.33.